The van der Waals surface area contributed by atoms with Gasteiger partial charge in [0, 0.05) is 17.5 Å². The van der Waals surface area contributed by atoms with Gasteiger partial charge in [-0.3, -0.25) is 5.43 Å². The lowest BCUT2D eigenvalue weighted by Crippen LogP contribution is -2.44. The number of ether oxygens (including phenoxy) is 2. The number of amides is 2. The average Bonchev–Trinajstić information content (AvgIpc) is 2.43. The van der Waals surface area contributed by atoms with E-state index in [1.165, 1.54) is 0 Å². The summed E-state index contributed by atoms with van der Waals surface area (Å²) in [4.78, 5) is 11.2. The summed E-state index contributed by atoms with van der Waals surface area (Å²) in [5.74, 6) is 6.53. The summed E-state index contributed by atoms with van der Waals surface area (Å²) in [6.45, 7) is 4.42. The second-order valence-corrected chi connectivity index (χ2v) is 4.78. The van der Waals surface area contributed by atoms with Crippen molar-refractivity contribution in [1.29, 1.82) is 0 Å². The van der Waals surface area contributed by atoms with Crippen LogP contribution in [0.1, 0.15) is 19.4 Å². The Balaban J connectivity index is 3.00. The number of methoxy groups -OCH3 is 2. The molecule has 1 rings (SSSR count). The van der Waals surface area contributed by atoms with Crippen LogP contribution in [-0.4, -0.2) is 26.8 Å². The maximum atomic E-state index is 11.2. The molecule has 0 aliphatic carbocycles. The Morgan fingerprint density at radius 2 is 2.00 bits per heavy atom. The first-order chi connectivity index (χ1) is 8.94. The number of hydrogen-bond donors (Lipinski definition) is 3. The van der Waals surface area contributed by atoms with Crippen LogP contribution in [0, 0.1) is 0 Å². The van der Waals surface area contributed by atoms with Crippen LogP contribution in [0.4, 0.5) is 4.79 Å². The SMILES string of the molecule is COc1ccc(OC)c(C(C)(C)CNC(=O)NN)c1. The van der Waals surface area contributed by atoms with E-state index in [1.807, 2.05) is 37.5 Å². The summed E-state index contributed by atoms with van der Waals surface area (Å²) in [6, 6.07) is 5.16. The van der Waals surface area contributed by atoms with E-state index in [9.17, 15) is 4.79 Å². The third-order valence-electron chi connectivity index (χ3n) is 2.96. The van der Waals surface area contributed by atoms with E-state index in [-0.39, 0.29) is 5.41 Å². The molecule has 0 aromatic heterocycles. The monoisotopic (exact) mass is 267 g/mol. The fourth-order valence-corrected chi connectivity index (χ4v) is 1.79. The van der Waals surface area contributed by atoms with Gasteiger partial charge >= 0.3 is 6.03 Å². The van der Waals surface area contributed by atoms with E-state index in [1.54, 1.807) is 14.2 Å². The van der Waals surface area contributed by atoms with Crippen LogP contribution in [0.15, 0.2) is 18.2 Å². The molecule has 0 fully saturated rings. The Labute approximate surface area is 113 Å². The smallest absolute Gasteiger partial charge is 0.328 e. The molecule has 4 N–H and O–H groups in total. The number of hydrogen-bond acceptors (Lipinski definition) is 4. The average molecular weight is 267 g/mol. The van der Waals surface area contributed by atoms with E-state index >= 15 is 0 Å². The lowest BCUT2D eigenvalue weighted by molar-refractivity contribution is 0.238. The highest BCUT2D eigenvalue weighted by atomic mass is 16.5. The van der Waals surface area contributed by atoms with Crippen LogP contribution in [0.3, 0.4) is 0 Å². The number of rotatable bonds is 5. The quantitative estimate of drug-likeness (QED) is 0.424. The lowest BCUT2D eigenvalue weighted by Gasteiger charge is -2.27. The summed E-state index contributed by atoms with van der Waals surface area (Å²) in [5, 5.41) is 2.69. The van der Waals surface area contributed by atoms with Gasteiger partial charge in [-0.1, -0.05) is 13.8 Å². The van der Waals surface area contributed by atoms with Crippen LogP contribution in [-0.2, 0) is 5.41 Å². The third-order valence-corrected chi connectivity index (χ3v) is 2.96. The molecule has 6 heteroatoms. The topological polar surface area (TPSA) is 85.6 Å². The Kier molecular flexibility index (Phi) is 5.00. The van der Waals surface area contributed by atoms with Gasteiger partial charge in [0.25, 0.3) is 0 Å². The van der Waals surface area contributed by atoms with Gasteiger partial charge in [0.2, 0.25) is 0 Å². The maximum Gasteiger partial charge on any atom is 0.328 e. The molecular weight excluding hydrogens is 246 g/mol. The zero-order chi connectivity index (χ0) is 14.5. The van der Waals surface area contributed by atoms with Crippen molar-refractivity contribution in [1.82, 2.24) is 10.7 Å². The van der Waals surface area contributed by atoms with Gasteiger partial charge in [-0.25, -0.2) is 10.6 Å². The second-order valence-electron chi connectivity index (χ2n) is 4.78. The maximum absolute atomic E-state index is 11.2. The van der Waals surface area contributed by atoms with Gasteiger partial charge in [0.05, 0.1) is 14.2 Å². The Morgan fingerprint density at radius 1 is 1.32 bits per heavy atom. The summed E-state index contributed by atoms with van der Waals surface area (Å²) in [5.41, 5.74) is 2.66. The molecule has 0 heterocycles. The minimum absolute atomic E-state index is 0.327. The number of hydrazine groups is 1. The molecular formula is C13H21N3O3. The van der Waals surface area contributed by atoms with Crippen molar-refractivity contribution >= 4 is 6.03 Å². The van der Waals surface area contributed by atoms with Gasteiger partial charge in [0.15, 0.2) is 0 Å². The van der Waals surface area contributed by atoms with Gasteiger partial charge in [0.1, 0.15) is 11.5 Å². The molecule has 0 radical (unpaired) electrons. The molecule has 2 amide bonds. The van der Waals surface area contributed by atoms with E-state index in [4.69, 9.17) is 15.3 Å². The molecule has 0 spiro atoms. The summed E-state index contributed by atoms with van der Waals surface area (Å²) >= 11 is 0. The molecule has 0 aliphatic rings. The normalized spacial score (nSPS) is 10.8. The number of nitrogens with one attached hydrogen (secondary N) is 2. The first kappa shape index (κ1) is 15.1. The fraction of sp³-hybridized carbons (Fsp3) is 0.462. The number of nitrogens with two attached hydrogens (primary N) is 1. The minimum Gasteiger partial charge on any atom is -0.497 e. The molecule has 0 saturated heterocycles. The summed E-state index contributed by atoms with van der Waals surface area (Å²) in [7, 11) is 3.22. The molecule has 106 valence electrons. The molecule has 1 aromatic carbocycles. The van der Waals surface area contributed by atoms with Gasteiger partial charge in [-0.05, 0) is 18.2 Å². The highest BCUT2D eigenvalue weighted by Gasteiger charge is 2.25. The lowest BCUT2D eigenvalue weighted by atomic mass is 9.83. The highest BCUT2D eigenvalue weighted by molar-refractivity contribution is 5.73. The minimum atomic E-state index is -0.421. The first-order valence-electron chi connectivity index (χ1n) is 5.91. The van der Waals surface area contributed by atoms with Gasteiger partial charge < -0.3 is 14.8 Å². The zero-order valence-electron chi connectivity index (χ0n) is 11.7. The molecule has 19 heavy (non-hydrogen) atoms. The predicted molar refractivity (Wildman–Crippen MR) is 73.3 cm³/mol. The van der Waals surface area contributed by atoms with Crippen molar-refractivity contribution in [2.75, 3.05) is 20.8 Å². The number of benzene rings is 1. The van der Waals surface area contributed by atoms with E-state index in [0.717, 1.165) is 17.1 Å². The van der Waals surface area contributed by atoms with E-state index in [0.29, 0.717) is 6.54 Å². The number of urea groups is 1. The van der Waals surface area contributed by atoms with Crippen molar-refractivity contribution < 1.29 is 14.3 Å². The first-order valence-corrected chi connectivity index (χ1v) is 5.91. The molecule has 0 saturated carbocycles. The standard InChI is InChI=1S/C13H21N3O3/c1-13(2,8-15-12(17)16-14)10-7-9(18-3)5-6-11(10)19-4/h5-7H,8,14H2,1-4H3,(H2,15,16,17). The summed E-state index contributed by atoms with van der Waals surface area (Å²) in [6.07, 6.45) is 0. The second kappa shape index (κ2) is 6.29. The molecule has 6 nitrogen and oxygen atoms in total. The van der Waals surface area contributed by atoms with Crippen LogP contribution < -0.4 is 26.1 Å². The molecule has 0 aliphatic heterocycles. The molecule has 0 bridgehead atoms. The Hall–Kier alpha value is -1.95. The number of carbonyl (C=O) groups excluding carboxylic acids is 1. The van der Waals surface area contributed by atoms with Crippen LogP contribution in [0.2, 0.25) is 0 Å². The van der Waals surface area contributed by atoms with Crippen molar-refractivity contribution in [3.05, 3.63) is 23.8 Å². The summed E-state index contributed by atoms with van der Waals surface area (Å²) < 4.78 is 10.6. The van der Waals surface area contributed by atoms with Crippen LogP contribution in [0.25, 0.3) is 0 Å². The van der Waals surface area contributed by atoms with Gasteiger partial charge in [-0.15, -0.1) is 0 Å². The van der Waals surface area contributed by atoms with Crippen molar-refractivity contribution in [3.63, 3.8) is 0 Å². The van der Waals surface area contributed by atoms with Crippen molar-refractivity contribution in [3.8, 4) is 11.5 Å². The van der Waals surface area contributed by atoms with Crippen LogP contribution >= 0.6 is 0 Å². The highest BCUT2D eigenvalue weighted by Crippen LogP contribution is 2.34. The van der Waals surface area contributed by atoms with Crippen molar-refractivity contribution in [2.45, 2.75) is 19.3 Å². The van der Waals surface area contributed by atoms with Crippen molar-refractivity contribution in [2.24, 2.45) is 5.84 Å². The van der Waals surface area contributed by atoms with Crippen LogP contribution in [0.5, 0.6) is 11.5 Å². The molecule has 0 atom stereocenters. The third kappa shape index (κ3) is 3.75. The molecule has 1 aromatic rings. The fourth-order valence-electron chi connectivity index (χ4n) is 1.79. The van der Waals surface area contributed by atoms with Gasteiger partial charge in [-0.2, -0.15) is 0 Å². The van der Waals surface area contributed by atoms with E-state index in [2.05, 4.69) is 5.32 Å². The molecule has 0 unspecified atom stereocenters. The zero-order valence-corrected chi connectivity index (χ0v) is 11.7. The predicted octanol–water partition coefficient (Wildman–Crippen LogP) is 1.15. The largest absolute Gasteiger partial charge is 0.497 e. The van der Waals surface area contributed by atoms with E-state index < -0.39 is 6.03 Å². The Morgan fingerprint density at radius 3 is 2.53 bits per heavy atom. The number of carbonyl (C=O) groups is 1. The Bertz CT molecular complexity index is 447.